The van der Waals surface area contributed by atoms with Gasteiger partial charge in [0.2, 0.25) is 0 Å². The van der Waals surface area contributed by atoms with Gasteiger partial charge in [-0.05, 0) is 165 Å². The van der Waals surface area contributed by atoms with Crippen molar-refractivity contribution < 1.29 is 0 Å². The molecule has 4 aliphatic carbocycles. The van der Waals surface area contributed by atoms with E-state index in [1.807, 2.05) is 48.5 Å². The van der Waals surface area contributed by atoms with Crippen LogP contribution in [0.15, 0.2) is 121 Å². The molecule has 0 radical (unpaired) electrons. The highest BCUT2D eigenvalue weighted by Gasteiger charge is 2.18. The number of hydrogen-bond acceptors (Lipinski definition) is 0. The molecule has 0 aromatic heterocycles. The molecule has 0 saturated heterocycles. The molecule has 4 aliphatic rings. The molecule has 0 fully saturated rings. The smallest absolute Gasteiger partial charge is 0.0415 e. The van der Waals surface area contributed by atoms with Crippen molar-refractivity contribution in [3.63, 3.8) is 0 Å². The second-order valence-corrected chi connectivity index (χ2v) is 21.2. The van der Waals surface area contributed by atoms with Crippen LogP contribution in [0.25, 0.3) is 0 Å². The lowest BCUT2D eigenvalue weighted by Gasteiger charge is -2.19. The Morgan fingerprint density at radius 3 is 0.574 bits per heavy atom. The van der Waals surface area contributed by atoms with E-state index in [1.165, 1.54) is 22.3 Å². The van der Waals surface area contributed by atoms with Gasteiger partial charge in [-0.15, -0.1) is 0 Å². The highest BCUT2D eigenvalue weighted by Crippen LogP contribution is 2.28. The monoisotopic (exact) mass is 872 g/mol. The van der Waals surface area contributed by atoms with Crippen LogP contribution in [0.1, 0.15) is 172 Å². The normalized spacial score (nSPS) is 11.8. The standard InChI is InChI=1S/C68H56/c1-65(2,3)61-41-37-53-33-29-49-21-23-50(24-22-49)31-35-55-39-43-63(67(7,8)9)47-59(55)19-15-16-20-60-48-64(68(10,11)12)44-40-56(60)36-32-52-27-25-51(26-28-52)30-34-54-38-42-62(66(4,5)6)46-58(54)18-14-13-17-57(53)45-61/h21-28,37-48H,1-12H3. The summed E-state index contributed by atoms with van der Waals surface area (Å²) < 4.78 is 0. The Hall–Kier alpha value is -8.20. The maximum atomic E-state index is 3.40. The Morgan fingerprint density at radius 1 is 0.206 bits per heavy atom. The van der Waals surface area contributed by atoms with Gasteiger partial charge in [0.25, 0.3) is 0 Å². The van der Waals surface area contributed by atoms with Crippen molar-refractivity contribution in [1.82, 2.24) is 0 Å². The summed E-state index contributed by atoms with van der Waals surface area (Å²) in [5.74, 6) is 53.1. The van der Waals surface area contributed by atoms with Gasteiger partial charge < -0.3 is 0 Å². The Kier molecular flexibility index (Phi) is 13.9. The molecule has 68 heavy (non-hydrogen) atoms. The summed E-state index contributed by atoms with van der Waals surface area (Å²) in [6, 6.07) is 41.4. The van der Waals surface area contributed by atoms with Crippen molar-refractivity contribution >= 4 is 0 Å². The van der Waals surface area contributed by atoms with Gasteiger partial charge in [-0.3, -0.25) is 0 Å². The van der Waals surface area contributed by atoms with Crippen LogP contribution in [0.5, 0.6) is 0 Å². The molecule has 0 unspecified atom stereocenters. The van der Waals surface area contributed by atoms with E-state index < -0.39 is 0 Å². The van der Waals surface area contributed by atoms with Crippen molar-refractivity contribution in [2.45, 2.75) is 105 Å². The molecular formula is C68H56. The summed E-state index contributed by atoms with van der Waals surface area (Å²) >= 11 is 0. The maximum absolute atomic E-state index is 3.40. The van der Waals surface area contributed by atoms with Gasteiger partial charge in [-0.25, -0.2) is 0 Å². The van der Waals surface area contributed by atoms with Gasteiger partial charge in [0.1, 0.15) is 0 Å². The lowest BCUT2D eigenvalue weighted by atomic mass is 9.85. The molecule has 328 valence electrons. The van der Waals surface area contributed by atoms with Crippen LogP contribution >= 0.6 is 0 Å². The molecular weight excluding hydrogens is 817 g/mol. The molecule has 0 spiro atoms. The molecule has 0 nitrogen and oxygen atoms in total. The Bertz CT molecular complexity index is 3000. The summed E-state index contributed by atoms with van der Waals surface area (Å²) in [4.78, 5) is 0. The van der Waals surface area contributed by atoms with Crippen molar-refractivity contribution in [2.75, 3.05) is 0 Å². The van der Waals surface area contributed by atoms with Gasteiger partial charge in [0, 0.05) is 66.8 Å². The molecule has 0 amide bonds. The molecule has 0 aliphatic heterocycles. The summed E-state index contributed by atoms with van der Waals surface area (Å²) in [6.45, 7) is 26.4. The van der Waals surface area contributed by atoms with Crippen LogP contribution < -0.4 is 0 Å². The number of hydrogen-bond donors (Lipinski definition) is 0. The average molecular weight is 873 g/mol. The Balaban J connectivity index is 1.37. The lowest BCUT2D eigenvalue weighted by molar-refractivity contribution is 0.590. The predicted octanol–water partition coefficient (Wildman–Crippen LogP) is 13.6. The molecule has 6 aromatic rings. The molecule has 0 atom stereocenters. The fourth-order valence-corrected chi connectivity index (χ4v) is 7.12. The van der Waals surface area contributed by atoms with E-state index in [-0.39, 0.29) is 21.7 Å². The van der Waals surface area contributed by atoms with E-state index in [2.05, 4.69) is 251 Å². The van der Waals surface area contributed by atoms with Crippen molar-refractivity contribution in [1.29, 1.82) is 0 Å². The van der Waals surface area contributed by atoms with E-state index in [0.29, 0.717) is 0 Å². The molecule has 0 saturated carbocycles. The van der Waals surface area contributed by atoms with Crippen LogP contribution in [0.3, 0.4) is 0 Å². The molecule has 10 rings (SSSR count). The molecule has 0 heteroatoms. The van der Waals surface area contributed by atoms with E-state index in [9.17, 15) is 0 Å². The molecule has 4 bridgehead atoms. The van der Waals surface area contributed by atoms with Gasteiger partial charge in [0.15, 0.2) is 0 Å². The third kappa shape index (κ3) is 12.6. The SMILES string of the molecule is CC(C)(C)c1ccc2c(c1)C#CC#Cc1cc(C(C)(C)C)ccc1C#Cc1ccc(cc1)C#Cc1ccc(C(C)(C)C)cc1C#CC#Cc1cc(C(C)(C)C)ccc1C#Cc1ccc(cc1)C#C2. The van der Waals surface area contributed by atoms with Crippen molar-refractivity contribution in [2.24, 2.45) is 0 Å². The highest BCUT2D eigenvalue weighted by atomic mass is 14.2. The minimum atomic E-state index is -0.0627. The predicted molar refractivity (Wildman–Crippen MR) is 285 cm³/mol. The van der Waals surface area contributed by atoms with E-state index in [1.54, 1.807) is 0 Å². The molecule has 0 N–H and O–H groups in total. The summed E-state index contributed by atoms with van der Waals surface area (Å²) in [5.41, 5.74) is 14.7. The number of benzene rings is 6. The van der Waals surface area contributed by atoms with Gasteiger partial charge >= 0.3 is 0 Å². The van der Waals surface area contributed by atoms with Crippen LogP contribution in [0.4, 0.5) is 0 Å². The first-order valence-electron chi connectivity index (χ1n) is 23.1. The van der Waals surface area contributed by atoms with Gasteiger partial charge in [-0.2, -0.15) is 0 Å². The van der Waals surface area contributed by atoms with E-state index in [4.69, 9.17) is 0 Å². The van der Waals surface area contributed by atoms with Crippen molar-refractivity contribution in [3.8, 4) is 94.7 Å². The van der Waals surface area contributed by atoms with Gasteiger partial charge in [0.05, 0.1) is 0 Å². The minimum Gasteiger partial charge on any atom is -0.0616 e. The third-order valence-electron chi connectivity index (χ3n) is 11.6. The molecule has 6 aromatic carbocycles. The summed E-state index contributed by atoms with van der Waals surface area (Å²) in [6.07, 6.45) is 0. The molecule has 0 heterocycles. The first kappa shape index (κ1) is 47.8. The maximum Gasteiger partial charge on any atom is 0.0415 e. The van der Waals surface area contributed by atoms with Gasteiger partial charge in [-0.1, -0.05) is 178 Å². The zero-order valence-corrected chi connectivity index (χ0v) is 41.5. The van der Waals surface area contributed by atoms with Crippen LogP contribution in [0, 0.1) is 94.7 Å². The number of rotatable bonds is 0. The highest BCUT2D eigenvalue weighted by molar-refractivity contribution is 5.62. The first-order valence-corrected chi connectivity index (χ1v) is 23.1. The minimum absolute atomic E-state index is 0.0627. The Morgan fingerprint density at radius 2 is 0.397 bits per heavy atom. The fourth-order valence-electron chi connectivity index (χ4n) is 7.12. The first-order chi connectivity index (χ1) is 32.2. The largest absolute Gasteiger partial charge is 0.0616 e. The topological polar surface area (TPSA) is 0 Å². The average Bonchev–Trinajstić information content (AvgIpc) is 3.28. The second kappa shape index (κ2) is 19.7. The van der Waals surface area contributed by atoms with Crippen LogP contribution in [-0.4, -0.2) is 0 Å². The van der Waals surface area contributed by atoms with Crippen LogP contribution in [-0.2, 0) is 21.7 Å². The summed E-state index contributed by atoms with van der Waals surface area (Å²) in [5, 5.41) is 0. The van der Waals surface area contributed by atoms with E-state index in [0.717, 1.165) is 66.8 Å². The van der Waals surface area contributed by atoms with E-state index >= 15 is 0 Å². The second-order valence-electron chi connectivity index (χ2n) is 21.2. The quantitative estimate of drug-likeness (QED) is 0.133. The van der Waals surface area contributed by atoms with Crippen molar-refractivity contribution in [3.05, 3.63) is 210 Å². The fraction of sp³-hybridized carbons (Fsp3) is 0.235. The zero-order valence-electron chi connectivity index (χ0n) is 41.5. The lowest BCUT2D eigenvalue weighted by Crippen LogP contribution is -2.11. The Labute approximate surface area is 407 Å². The third-order valence-corrected chi connectivity index (χ3v) is 11.6. The summed E-state index contributed by atoms with van der Waals surface area (Å²) in [7, 11) is 0. The van der Waals surface area contributed by atoms with Crippen LogP contribution in [0.2, 0.25) is 0 Å². The zero-order chi connectivity index (χ0) is 48.7.